The largest absolute Gasteiger partial charge is 0.454 e. The lowest BCUT2D eigenvalue weighted by Crippen LogP contribution is -2.30. The van der Waals surface area contributed by atoms with Crippen LogP contribution < -0.4 is 14.0 Å². The van der Waals surface area contributed by atoms with Crippen LogP contribution >= 0.6 is 0 Å². The highest BCUT2D eigenvalue weighted by molar-refractivity contribution is 5.69. The molecule has 4 heteroatoms. The number of pyridine rings is 1. The maximum absolute atomic E-state index is 5.51. The van der Waals surface area contributed by atoms with Crippen LogP contribution in [0.1, 0.15) is 22.6 Å². The lowest BCUT2D eigenvalue weighted by molar-refractivity contribution is -0.673. The summed E-state index contributed by atoms with van der Waals surface area (Å²) in [6.07, 6.45) is 6.36. The van der Waals surface area contributed by atoms with Gasteiger partial charge in [0.25, 0.3) is 0 Å². The maximum atomic E-state index is 5.51. The number of nitrogens with zero attached hydrogens (tertiary/aromatic N) is 2. The number of ether oxygens (including phenoxy) is 2. The fourth-order valence-electron chi connectivity index (χ4n) is 3.26. The molecule has 0 fully saturated rings. The molecule has 4 rings (SSSR count). The van der Waals surface area contributed by atoms with Gasteiger partial charge in [0.15, 0.2) is 17.7 Å². The van der Waals surface area contributed by atoms with Crippen molar-refractivity contribution in [3.05, 3.63) is 71.3 Å². The predicted molar refractivity (Wildman–Crippen MR) is 97.9 cm³/mol. The quantitative estimate of drug-likeness (QED) is 0.682. The zero-order chi connectivity index (χ0) is 17.4. The van der Waals surface area contributed by atoms with Gasteiger partial charge >= 0.3 is 0 Å². The van der Waals surface area contributed by atoms with Crippen LogP contribution in [-0.4, -0.2) is 11.4 Å². The van der Waals surface area contributed by atoms with Crippen LogP contribution in [0.2, 0.25) is 0 Å². The fourth-order valence-corrected chi connectivity index (χ4v) is 3.26. The van der Waals surface area contributed by atoms with E-state index < -0.39 is 0 Å². The predicted octanol–water partition coefficient (Wildman–Crippen LogP) is 3.82. The molecule has 1 aliphatic heterocycles. The van der Waals surface area contributed by atoms with Crippen molar-refractivity contribution in [1.29, 1.82) is 0 Å². The second-order valence-electron chi connectivity index (χ2n) is 6.27. The van der Waals surface area contributed by atoms with Gasteiger partial charge in [0.05, 0.1) is 0 Å². The van der Waals surface area contributed by atoms with Crippen molar-refractivity contribution in [3.8, 4) is 17.2 Å². The summed E-state index contributed by atoms with van der Waals surface area (Å²) in [4.78, 5) is 0. The Morgan fingerprint density at radius 3 is 2.68 bits per heavy atom. The van der Waals surface area contributed by atoms with Crippen molar-refractivity contribution in [2.45, 2.75) is 13.8 Å². The standard InChI is InChI=1S/C21H21N2O2/c1-15-12-17(7-8-18-6-4-5-11-22(18)3)16(2)23(15)19-9-10-20-21(13-19)25-14-24-20/h4-13H,14H2,1-3H3/q+1. The summed E-state index contributed by atoms with van der Waals surface area (Å²) in [7, 11) is 2.05. The Balaban J connectivity index is 1.71. The Labute approximate surface area is 147 Å². The van der Waals surface area contributed by atoms with E-state index in [0.29, 0.717) is 6.79 Å². The molecule has 1 aromatic carbocycles. The normalized spacial score (nSPS) is 12.9. The monoisotopic (exact) mass is 333 g/mol. The third-order valence-electron chi connectivity index (χ3n) is 4.61. The highest BCUT2D eigenvalue weighted by Gasteiger charge is 2.16. The molecule has 1 aliphatic rings. The van der Waals surface area contributed by atoms with Crippen molar-refractivity contribution >= 4 is 12.2 Å². The van der Waals surface area contributed by atoms with Crippen molar-refractivity contribution in [2.24, 2.45) is 7.05 Å². The van der Waals surface area contributed by atoms with E-state index in [2.05, 4.69) is 72.6 Å². The molecule has 3 heterocycles. The first kappa shape index (κ1) is 15.5. The van der Waals surface area contributed by atoms with Crippen LogP contribution in [0.4, 0.5) is 0 Å². The van der Waals surface area contributed by atoms with E-state index in [-0.39, 0.29) is 0 Å². The van der Waals surface area contributed by atoms with Crippen LogP contribution in [0.3, 0.4) is 0 Å². The van der Waals surface area contributed by atoms with E-state index in [9.17, 15) is 0 Å². The van der Waals surface area contributed by atoms with Gasteiger partial charge in [-0.25, -0.2) is 4.57 Å². The first-order chi connectivity index (χ1) is 12.1. The van der Waals surface area contributed by atoms with Crippen LogP contribution in [-0.2, 0) is 7.05 Å². The number of hydrogen-bond acceptors (Lipinski definition) is 2. The average Bonchev–Trinajstić information content (AvgIpc) is 3.18. The van der Waals surface area contributed by atoms with Crippen molar-refractivity contribution in [2.75, 3.05) is 6.79 Å². The molecule has 0 amide bonds. The fraction of sp³-hybridized carbons (Fsp3) is 0.190. The number of rotatable bonds is 3. The highest BCUT2D eigenvalue weighted by atomic mass is 16.7. The van der Waals surface area contributed by atoms with E-state index in [1.165, 1.54) is 17.0 Å². The Bertz CT molecular complexity index is 970. The summed E-state index contributed by atoms with van der Waals surface area (Å²) in [5.74, 6) is 1.61. The molecule has 0 saturated carbocycles. The third-order valence-corrected chi connectivity index (χ3v) is 4.61. The smallest absolute Gasteiger partial charge is 0.231 e. The van der Waals surface area contributed by atoms with Gasteiger partial charge < -0.3 is 14.0 Å². The highest BCUT2D eigenvalue weighted by Crippen LogP contribution is 2.35. The summed E-state index contributed by atoms with van der Waals surface area (Å²) in [5.41, 5.74) is 5.85. The molecule has 0 saturated heterocycles. The Hall–Kier alpha value is -3.01. The summed E-state index contributed by atoms with van der Waals surface area (Å²) in [6, 6.07) is 14.5. The van der Waals surface area contributed by atoms with Gasteiger partial charge in [0.1, 0.15) is 7.05 Å². The van der Waals surface area contributed by atoms with Gasteiger partial charge in [0, 0.05) is 41.4 Å². The molecule has 0 N–H and O–H groups in total. The topological polar surface area (TPSA) is 27.3 Å². The van der Waals surface area contributed by atoms with Gasteiger partial charge in [-0.15, -0.1) is 0 Å². The number of aromatic nitrogens is 2. The molecule has 3 aromatic rings. The minimum Gasteiger partial charge on any atom is -0.454 e. The first-order valence-electron chi connectivity index (χ1n) is 8.35. The molecule has 0 atom stereocenters. The Morgan fingerprint density at radius 1 is 1.00 bits per heavy atom. The molecule has 0 bridgehead atoms. The third kappa shape index (κ3) is 2.80. The zero-order valence-corrected chi connectivity index (χ0v) is 14.7. The van der Waals surface area contributed by atoms with Crippen LogP contribution in [0.5, 0.6) is 11.5 Å². The Kier molecular flexibility index (Phi) is 3.80. The van der Waals surface area contributed by atoms with Crippen LogP contribution in [0.15, 0.2) is 48.7 Å². The average molecular weight is 333 g/mol. The number of benzene rings is 1. The van der Waals surface area contributed by atoms with E-state index in [4.69, 9.17) is 9.47 Å². The molecule has 0 unspecified atom stereocenters. The second-order valence-corrected chi connectivity index (χ2v) is 6.27. The van der Waals surface area contributed by atoms with Gasteiger partial charge in [0.2, 0.25) is 12.5 Å². The number of aryl methyl sites for hydroxylation is 2. The van der Waals surface area contributed by atoms with E-state index in [1.807, 2.05) is 18.2 Å². The molecule has 126 valence electrons. The van der Waals surface area contributed by atoms with Gasteiger partial charge in [-0.3, -0.25) is 0 Å². The van der Waals surface area contributed by atoms with Gasteiger partial charge in [-0.1, -0.05) is 0 Å². The molecule has 0 aliphatic carbocycles. The minimum atomic E-state index is 0.296. The van der Waals surface area contributed by atoms with Crippen molar-refractivity contribution < 1.29 is 14.0 Å². The summed E-state index contributed by atoms with van der Waals surface area (Å²) in [6.45, 7) is 4.56. The molecule has 4 nitrogen and oxygen atoms in total. The molecule has 25 heavy (non-hydrogen) atoms. The van der Waals surface area contributed by atoms with Crippen molar-refractivity contribution in [1.82, 2.24) is 4.57 Å². The minimum absolute atomic E-state index is 0.296. The zero-order valence-electron chi connectivity index (χ0n) is 14.7. The number of fused-ring (bicyclic) bond motifs is 1. The molecular formula is C21H21N2O2+. The van der Waals surface area contributed by atoms with Crippen molar-refractivity contribution in [3.63, 3.8) is 0 Å². The van der Waals surface area contributed by atoms with Gasteiger partial charge in [-0.2, -0.15) is 0 Å². The molecule has 0 radical (unpaired) electrons. The van der Waals surface area contributed by atoms with E-state index in [0.717, 1.165) is 22.9 Å². The number of hydrogen-bond donors (Lipinski definition) is 0. The van der Waals surface area contributed by atoms with Crippen LogP contribution in [0, 0.1) is 13.8 Å². The molecular weight excluding hydrogens is 312 g/mol. The van der Waals surface area contributed by atoms with E-state index >= 15 is 0 Å². The summed E-state index contributed by atoms with van der Waals surface area (Å²) < 4.78 is 15.3. The summed E-state index contributed by atoms with van der Waals surface area (Å²) in [5, 5.41) is 0. The first-order valence-corrected chi connectivity index (χ1v) is 8.35. The SMILES string of the molecule is Cc1cc(/C=C/c2cccc[n+]2C)c(C)n1-c1ccc2c(c1)OCO2. The maximum Gasteiger partial charge on any atom is 0.231 e. The second kappa shape index (κ2) is 6.13. The summed E-state index contributed by atoms with van der Waals surface area (Å²) >= 11 is 0. The lowest BCUT2D eigenvalue weighted by atomic mass is 10.2. The van der Waals surface area contributed by atoms with E-state index in [1.54, 1.807) is 0 Å². The lowest BCUT2D eigenvalue weighted by Gasteiger charge is -2.10. The van der Waals surface area contributed by atoms with Gasteiger partial charge in [-0.05, 0) is 49.8 Å². The molecule has 2 aromatic heterocycles. The van der Waals surface area contributed by atoms with Crippen LogP contribution in [0.25, 0.3) is 17.8 Å². The Morgan fingerprint density at radius 2 is 1.84 bits per heavy atom. The molecule has 0 spiro atoms.